The third-order valence-electron chi connectivity index (χ3n) is 3.37. The van der Waals surface area contributed by atoms with Crippen molar-refractivity contribution in [3.8, 4) is 0 Å². The molecule has 0 aliphatic rings. The lowest BCUT2D eigenvalue weighted by Crippen LogP contribution is -2.27. The molecule has 0 spiro atoms. The van der Waals surface area contributed by atoms with E-state index in [1.807, 2.05) is 0 Å². The number of hydrogen-bond acceptors (Lipinski definition) is 2. The second-order valence-electron chi connectivity index (χ2n) is 5.06. The lowest BCUT2D eigenvalue weighted by molar-refractivity contribution is 0.0780. The van der Waals surface area contributed by atoms with Crippen molar-refractivity contribution in [3.05, 3.63) is 70.0 Å². The molecule has 1 N–H and O–H groups in total. The third-order valence-corrected chi connectivity index (χ3v) is 3.60. The Balaban J connectivity index is 2.12. The number of halogens is 2. The molecule has 0 bridgehead atoms. The SMILES string of the molecule is CNC(=O)c1ccc(CN(C)C(=O)c2cc(Cl)ccc2F)cc1. The Hall–Kier alpha value is -2.40. The van der Waals surface area contributed by atoms with Gasteiger partial charge >= 0.3 is 0 Å². The molecular formula is C17H16ClFN2O2. The lowest BCUT2D eigenvalue weighted by Gasteiger charge is -2.18. The molecule has 120 valence electrons. The van der Waals surface area contributed by atoms with E-state index in [0.29, 0.717) is 17.1 Å². The molecule has 0 aliphatic heterocycles. The van der Waals surface area contributed by atoms with Crippen LogP contribution in [0.4, 0.5) is 4.39 Å². The highest BCUT2D eigenvalue weighted by molar-refractivity contribution is 6.31. The average Bonchev–Trinajstić information content (AvgIpc) is 2.56. The predicted molar refractivity (Wildman–Crippen MR) is 87.0 cm³/mol. The van der Waals surface area contributed by atoms with E-state index >= 15 is 0 Å². The van der Waals surface area contributed by atoms with Crippen LogP contribution in [0.5, 0.6) is 0 Å². The molecule has 0 aliphatic carbocycles. The Morgan fingerprint density at radius 2 is 1.83 bits per heavy atom. The fraction of sp³-hybridized carbons (Fsp3) is 0.176. The molecule has 2 aromatic carbocycles. The van der Waals surface area contributed by atoms with Gasteiger partial charge in [-0.25, -0.2) is 4.39 Å². The van der Waals surface area contributed by atoms with Crippen LogP contribution in [0.3, 0.4) is 0 Å². The first-order valence-corrected chi connectivity index (χ1v) is 7.31. The number of nitrogens with one attached hydrogen (secondary N) is 1. The van der Waals surface area contributed by atoms with E-state index in [0.717, 1.165) is 5.56 Å². The van der Waals surface area contributed by atoms with Crippen LogP contribution in [0, 0.1) is 5.82 Å². The molecule has 0 radical (unpaired) electrons. The molecule has 0 aromatic heterocycles. The van der Waals surface area contributed by atoms with Crippen LogP contribution in [-0.2, 0) is 6.54 Å². The minimum atomic E-state index is -0.610. The quantitative estimate of drug-likeness (QED) is 0.934. The number of benzene rings is 2. The Kier molecular flexibility index (Phi) is 5.34. The van der Waals surface area contributed by atoms with Gasteiger partial charge in [0.25, 0.3) is 11.8 Å². The lowest BCUT2D eigenvalue weighted by atomic mass is 10.1. The monoisotopic (exact) mass is 334 g/mol. The van der Waals surface area contributed by atoms with Gasteiger partial charge in [-0.3, -0.25) is 9.59 Å². The van der Waals surface area contributed by atoms with Crippen LogP contribution in [0.2, 0.25) is 5.02 Å². The summed E-state index contributed by atoms with van der Waals surface area (Å²) in [5.41, 5.74) is 1.30. The molecule has 0 heterocycles. The summed E-state index contributed by atoms with van der Waals surface area (Å²) in [4.78, 5) is 25.2. The fourth-order valence-corrected chi connectivity index (χ4v) is 2.29. The zero-order valence-electron chi connectivity index (χ0n) is 12.8. The maximum absolute atomic E-state index is 13.7. The highest BCUT2D eigenvalue weighted by Gasteiger charge is 2.17. The fourth-order valence-electron chi connectivity index (χ4n) is 2.12. The normalized spacial score (nSPS) is 10.3. The van der Waals surface area contributed by atoms with E-state index in [-0.39, 0.29) is 11.5 Å². The second kappa shape index (κ2) is 7.24. The molecule has 0 saturated heterocycles. The highest BCUT2D eigenvalue weighted by atomic mass is 35.5. The first-order chi connectivity index (χ1) is 10.9. The first-order valence-electron chi connectivity index (χ1n) is 6.94. The minimum Gasteiger partial charge on any atom is -0.355 e. The van der Waals surface area contributed by atoms with Crippen molar-refractivity contribution in [1.82, 2.24) is 10.2 Å². The van der Waals surface area contributed by atoms with Gasteiger partial charge in [-0.15, -0.1) is 0 Å². The maximum atomic E-state index is 13.7. The molecule has 2 amide bonds. The van der Waals surface area contributed by atoms with Gasteiger partial charge < -0.3 is 10.2 Å². The summed E-state index contributed by atoms with van der Waals surface area (Å²) in [5, 5.41) is 2.84. The number of carbonyl (C=O) groups excluding carboxylic acids is 2. The summed E-state index contributed by atoms with van der Waals surface area (Å²) < 4.78 is 13.7. The molecule has 0 saturated carbocycles. The smallest absolute Gasteiger partial charge is 0.256 e. The van der Waals surface area contributed by atoms with E-state index < -0.39 is 11.7 Å². The minimum absolute atomic E-state index is 0.0676. The second-order valence-corrected chi connectivity index (χ2v) is 5.50. The molecule has 23 heavy (non-hydrogen) atoms. The summed E-state index contributed by atoms with van der Waals surface area (Å²) in [7, 11) is 3.14. The van der Waals surface area contributed by atoms with Crippen molar-refractivity contribution in [2.24, 2.45) is 0 Å². The van der Waals surface area contributed by atoms with Gasteiger partial charge in [-0.1, -0.05) is 23.7 Å². The zero-order valence-corrected chi connectivity index (χ0v) is 13.5. The summed E-state index contributed by atoms with van der Waals surface area (Å²) in [5.74, 6) is -1.25. The zero-order chi connectivity index (χ0) is 17.0. The van der Waals surface area contributed by atoms with Crippen LogP contribution < -0.4 is 5.32 Å². The van der Waals surface area contributed by atoms with Crippen LogP contribution >= 0.6 is 11.6 Å². The number of rotatable bonds is 4. The van der Waals surface area contributed by atoms with Gasteiger partial charge in [0.1, 0.15) is 5.82 Å². The third kappa shape index (κ3) is 4.07. The molecule has 0 fully saturated rings. The molecule has 0 unspecified atom stereocenters. The van der Waals surface area contributed by atoms with Crippen molar-refractivity contribution in [1.29, 1.82) is 0 Å². The van der Waals surface area contributed by atoms with Crippen molar-refractivity contribution >= 4 is 23.4 Å². The molecular weight excluding hydrogens is 319 g/mol. The van der Waals surface area contributed by atoms with Gasteiger partial charge in [0.15, 0.2) is 0 Å². The summed E-state index contributed by atoms with van der Waals surface area (Å²) in [6, 6.07) is 10.7. The highest BCUT2D eigenvalue weighted by Crippen LogP contribution is 2.17. The van der Waals surface area contributed by atoms with Gasteiger partial charge in [0.05, 0.1) is 5.56 Å². The molecule has 4 nitrogen and oxygen atoms in total. The van der Waals surface area contributed by atoms with Crippen LogP contribution in [0.25, 0.3) is 0 Å². The Morgan fingerprint density at radius 3 is 2.43 bits per heavy atom. The van der Waals surface area contributed by atoms with Gasteiger partial charge in [0.2, 0.25) is 0 Å². The van der Waals surface area contributed by atoms with Crippen molar-refractivity contribution in [3.63, 3.8) is 0 Å². The van der Waals surface area contributed by atoms with E-state index in [1.165, 1.54) is 23.1 Å². The van der Waals surface area contributed by atoms with Crippen molar-refractivity contribution < 1.29 is 14.0 Å². The summed E-state index contributed by atoms with van der Waals surface area (Å²) >= 11 is 5.81. The van der Waals surface area contributed by atoms with Gasteiger partial charge in [-0.05, 0) is 35.9 Å². The average molecular weight is 335 g/mol. The maximum Gasteiger partial charge on any atom is 0.256 e. The van der Waals surface area contributed by atoms with E-state index in [2.05, 4.69) is 5.32 Å². The molecule has 2 rings (SSSR count). The van der Waals surface area contributed by atoms with Crippen LogP contribution in [-0.4, -0.2) is 30.8 Å². The van der Waals surface area contributed by atoms with E-state index in [9.17, 15) is 14.0 Å². The molecule has 6 heteroatoms. The Labute approximate surface area is 138 Å². The number of nitrogens with zero attached hydrogens (tertiary/aromatic N) is 1. The topological polar surface area (TPSA) is 49.4 Å². The predicted octanol–water partition coefficient (Wildman–Crippen LogP) is 3.11. The van der Waals surface area contributed by atoms with Crippen LogP contribution in [0.15, 0.2) is 42.5 Å². The summed E-state index contributed by atoms with van der Waals surface area (Å²) in [6.07, 6.45) is 0. The van der Waals surface area contributed by atoms with Crippen molar-refractivity contribution in [2.75, 3.05) is 14.1 Å². The molecule has 2 aromatic rings. The van der Waals surface area contributed by atoms with E-state index in [4.69, 9.17) is 11.6 Å². The molecule has 0 atom stereocenters. The Morgan fingerprint density at radius 1 is 1.17 bits per heavy atom. The number of hydrogen-bond donors (Lipinski definition) is 1. The Bertz CT molecular complexity index is 732. The van der Waals surface area contributed by atoms with Gasteiger partial charge in [-0.2, -0.15) is 0 Å². The number of amides is 2. The standard InChI is InChI=1S/C17H16ClFN2O2/c1-20-16(22)12-5-3-11(4-6-12)10-21(2)17(23)14-9-13(18)7-8-15(14)19/h3-9H,10H2,1-2H3,(H,20,22). The van der Waals surface area contributed by atoms with Crippen molar-refractivity contribution in [2.45, 2.75) is 6.54 Å². The largest absolute Gasteiger partial charge is 0.355 e. The summed E-state index contributed by atoms with van der Waals surface area (Å²) in [6.45, 7) is 0.290. The number of carbonyl (C=O) groups is 2. The van der Waals surface area contributed by atoms with Crippen LogP contribution in [0.1, 0.15) is 26.3 Å². The van der Waals surface area contributed by atoms with E-state index in [1.54, 1.807) is 38.4 Å². The van der Waals surface area contributed by atoms with Gasteiger partial charge in [0, 0.05) is 31.2 Å². The first kappa shape index (κ1) is 17.0.